The van der Waals surface area contributed by atoms with Gasteiger partial charge >= 0.3 is 0 Å². The average molecular weight is 176 g/mol. The fraction of sp³-hybridized carbons (Fsp3) is 0.500. The number of rotatable bonds is 2. The van der Waals surface area contributed by atoms with Crippen LogP contribution >= 0.6 is 0 Å². The van der Waals surface area contributed by atoms with Crippen molar-refractivity contribution in [3.05, 3.63) is 34.9 Å². The SMILES string of the molecule is Cc1cccc(C)c1C(O)C1CC1. The predicted molar refractivity (Wildman–Crippen MR) is 53.6 cm³/mol. The third-order valence-corrected chi connectivity index (χ3v) is 2.91. The fourth-order valence-electron chi connectivity index (χ4n) is 1.94. The van der Waals surface area contributed by atoms with Crippen LogP contribution in [0, 0.1) is 19.8 Å². The number of aliphatic hydroxyl groups is 1. The molecular formula is C12H16O. The van der Waals surface area contributed by atoms with E-state index in [0.717, 1.165) is 5.56 Å². The Balaban J connectivity index is 2.36. The summed E-state index contributed by atoms with van der Waals surface area (Å²) < 4.78 is 0. The number of aryl methyl sites for hydroxylation is 2. The summed E-state index contributed by atoms with van der Waals surface area (Å²) >= 11 is 0. The molecule has 0 spiro atoms. The van der Waals surface area contributed by atoms with Crippen molar-refractivity contribution in [1.82, 2.24) is 0 Å². The van der Waals surface area contributed by atoms with Crippen molar-refractivity contribution in [2.24, 2.45) is 5.92 Å². The van der Waals surface area contributed by atoms with Crippen LogP contribution in [-0.2, 0) is 0 Å². The predicted octanol–water partition coefficient (Wildman–Crippen LogP) is 2.75. The van der Waals surface area contributed by atoms with Crippen LogP contribution in [0.25, 0.3) is 0 Å². The minimum Gasteiger partial charge on any atom is -0.388 e. The molecule has 1 aliphatic rings. The highest BCUT2D eigenvalue weighted by atomic mass is 16.3. The summed E-state index contributed by atoms with van der Waals surface area (Å²) in [5.74, 6) is 0.528. The minimum atomic E-state index is -0.221. The number of aliphatic hydroxyl groups excluding tert-OH is 1. The van der Waals surface area contributed by atoms with Crippen LogP contribution in [0.1, 0.15) is 35.6 Å². The van der Waals surface area contributed by atoms with Gasteiger partial charge in [0.25, 0.3) is 0 Å². The summed E-state index contributed by atoms with van der Waals surface area (Å²) in [6, 6.07) is 6.20. The van der Waals surface area contributed by atoms with Crippen LogP contribution in [0.3, 0.4) is 0 Å². The molecule has 1 N–H and O–H groups in total. The van der Waals surface area contributed by atoms with E-state index in [1.54, 1.807) is 0 Å². The van der Waals surface area contributed by atoms with Gasteiger partial charge in [0, 0.05) is 0 Å². The standard InChI is InChI=1S/C12H16O/c1-8-4-3-5-9(2)11(8)12(13)10-6-7-10/h3-5,10,12-13H,6-7H2,1-2H3. The van der Waals surface area contributed by atoms with Gasteiger partial charge in [-0.15, -0.1) is 0 Å². The van der Waals surface area contributed by atoms with Crippen molar-refractivity contribution < 1.29 is 5.11 Å². The van der Waals surface area contributed by atoms with Gasteiger partial charge in [0.15, 0.2) is 0 Å². The quantitative estimate of drug-likeness (QED) is 0.734. The number of benzene rings is 1. The summed E-state index contributed by atoms with van der Waals surface area (Å²) in [6.07, 6.45) is 2.16. The van der Waals surface area contributed by atoms with E-state index in [1.807, 2.05) is 6.07 Å². The molecule has 0 radical (unpaired) electrons. The Hall–Kier alpha value is -0.820. The third kappa shape index (κ3) is 1.61. The first-order valence-electron chi connectivity index (χ1n) is 4.94. The summed E-state index contributed by atoms with van der Waals surface area (Å²) in [5.41, 5.74) is 3.60. The van der Waals surface area contributed by atoms with Gasteiger partial charge in [0.1, 0.15) is 0 Å². The van der Waals surface area contributed by atoms with Crippen molar-refractivity contribution in [3.8, 4) is 0 Å². The maximum absolute atomic E-state index is 10.0. The Morgan fingerprint density at radius 3 is 2.23 bits per heavy atom. The Kier molecular flexibility index (Phi) is 2.12. The lowest BCUT2D eigenvalue weighted by molar-refractivity contribution is 0.152. The van der Waals surface area contributed by atoms with Crippen LogP contribution < -0.4 is 0 Å². The molecule has 0 amide bonds. The van der Waals surface area contributed by atoms with E-state index >= 15 is 0 Å². The zero-order chi connectivity index (χ0) is 9.42. The molecule has 1 aromatic carbocycles. The van der Waals surface area contributed by atoms with Gasteiger partial charge in [-0.2, -0.15) is 0 Å². The Morgan fingerprint density at radius 1 is 1.23 bits per heavy atom. The zero-order valence-electron chi connectivity index (χ0n) is 8.25. The Labute approximate surface area is 79.4 Å². The highest BCUT2D eigenvalue weighted by Crippen LogP contribution is 2.42. The molecule has 1 heteroatoms. The molecule has 0 aromatic heterocycles. The van der Waals surface area contributed by atoms with E-state index in [1.165, 1.54) is 24.0 Å². The highest BCUT2D eigenvalue weighted by molar-refractivity contribution is 5.36. The molecule has 0 heterocycles. The first-order chi connectivity index (χ1) is 6.20. The molecule has 1 nitrogen and oxygen atoms in total. The van der Waals surface area contributed by atoms with E-state index in [4.69, 9.17) is 0 Å². The topological polar surface area (TPSA) is 20.2 Å². The van der Waals surface area contributed by atoms with Crippen molar-refractivity contribution >= 4 is 0 Å². The van der Waals surface area contributed by atoms with E-state index in [0.29, 0.717) is 5.92 Å². The molecule has 1 unspecified atom stereocenters. The molecule has 1 saturated carbocycles. The van der Waals surface area contributed by atoms with Gasteiger partial charge in [-0.3, -0.25) is 0 Å². The molecule has 0 bridgehead atoms. The first-order valence-corrected chi connectivity index (χ1v) is 4.94. The minimum absolute atomic E-state index is 0.221. The van der Waals surface area contributed by atoms with Crippen molar-refractivity contribution in [2.75, 3.05) is 0 Å². The highest BCUT2D eigenvalue weighted by Gasteiger charge is 2.32. The molecule has 1 aliphatic carbocycles. The van der Waals surface area contributed by atoms with Crippen LogP contribution in [0.4, 0.5) is 0 Å². The summed E-state index contributed by atoms with van der Waals surface area (Å²) in [5, 5.41) is 10.0. The Morgan fingerprint density at radius 2 is 1.77 bits per heavy atom. The molecule has 1 atom stereocenters. The largest absolute Gasteiger partial charge is 0.388 e. The average Bonchev–Trinajstić information content (AvgIpc) is 2.85. The van der Waals surface area contributed by atoms with Gasteiger partial charge in [-0.25, -0.2) is 0 Å². The first kappa shape index (κ1) is 8.76. The summed E-state index contributed by atoms with van der Waals surface area (Å²) in [6.45, 7) is 4.15. The van der Waals surface area contributed by atoms with Crippen LogP contribution in [-0.4, -0.2) is 5.11 Å². The lowest BCUT2D eigenvalue weighted by Crippen LogP contribution is -2.04. The van der Waals surface area contributed by atoms with Gasteiger partial charge < -0.3 is 5.11 Å². The third-order valence-electron chi connectivity index (χ3n) is 2.91. The molecule has 2 rings (SSSR count). The van der Waals surface area contributed by atoms with Crippen LogP contribution in [0.5, 0.6) is 0 Å². The zero-order valence-corrected chi connectivity index (χ0v) is 8.25. The van der Waals surface area contributed by atoms with E-state index in [2.05, 4.69) is 26.0 Å². The van der Waals surface area contributed by atoms with Crippen molar-refractivity contribution in [2.45, 2.75) is 32.8 Å². The number of hydrogen-bond acceptors (Lipinski definition) is 1. The van der Waals surface area contributed by atoms with Gasteiger partial charge in [0.2, 0.25) is 0 Å². The molecule has 70 valence electrons. The van der Waals surface area contributed by atoms with Crippen LogP contribution in [0.15, 0.2) is 18.2 Å². The molecule has 1 fully saturated rings. The normalized spacial score (nSPS) is 18.7. The monoisotopic (exact) mass is 176 g/mol. The van der Waals surface area contributed by atoms with Gasteiger partial charge in [0.05, 0.1) is 6.10 Å². The fourth-order valence-corrected chi connectivity index (χ4v) is 1.94. The smallest absolute Gasteiger partial charge is 0.0823 e. The van der Waals surface area contributed by atoms with Gasteiger partial charge in [-0.05, 0) is 49.3 Å². The van der Waals surface area contributed by atoms with Gasteiger partial charge in [-0.1, -0.05) is 18.2 Å². The van der Waals surface area contributed by atoms with Crippen molar-refractivity contribution in [3.63, 3.8) is 0 Å². The second-order valence-electron chi connectivity index (χ2n) is 4.09. The second kappa shape index (κ2) is 3.15. The Bertz CT molecular complexity index is 293. The van der Waals surface area contributed by atoms with E-state index in [-0.39, 0.29) is 6.10 Å². The summed E-state index contributed by atoms with van der Waals surface area (Å²) in [4.78, 5) is 0. The molecule has 0 saturated heterocycles. The van der Waals surface area contributed by atoms with E-state index < -0.39 is 0 Å². The van der Waals surface area contributed by atoms with Crippen LogP contribution in [0.2, 0.25) is 0 Å². The second-order valence-corrected chi connectivity index (χ2v) is 4.09. The van der Waals surface area contributed by atoms with E-state index in [9.17, 15) is 5.11 Å². The molecule has 1 aromatic rings. The molecular weight excluding hydrogens is 160 g/mol. The maximum Gasteiger partial charge on any atom is 0.0823 e. The maximum atomic E-state index is 10.0. The molecule has 0 aliphatic heterocycles. The lowest BCUT2D eigenvalue weighted by atomic mass is 9.95. The molecule has 13 heavy (non-hydrogen) atoms. The van der Waals surface area contributed by atoms with Crippen molar-refractivity contribution in [1.29, 1.82) is 0 Å². The summed E-state index contributed by atoms with van der Waals surface area (Å²) in [7, 11) is 0. The number of hydrogen-bond donors (Lipinski definition) is 1. The lowest BCUT2D eigenvalue weighted by Gasteiger charge is -2.15.